The van der Waals surface area contributed by atoms with Gasteiger partial charge in [0.25, 0.3) is 0 Å². The topological polar surface area (TPSA) is 94.1 Å². The van der Waals surface area contributed by atoms with Gasteiger partial charge in [-0.15, -0.1) is 0 Å². The van der Waals surface area contributed by atoms with Gasteiger partial charge in [-0.2, -0.15) is 0 Å². The molecule has 148 valence electrons. The normalized spacial score (nSPS) is 16.9. The molecule has 3 rings (SSSR count). The van der Waals surface area contributed by atoms with Crippen molar-refractivity contribution in [2.75, 3.05) is 18.5 Å². The highest BCUT2D eigenvalue weighted by molar-refractivity contribution is 6.06. The minimum absolute atomic E-state index is 0.0531. The number of phenols is 1. The summed E-state index contributed by atoms with van der Waals surface area (Å²) in [6.45, 7) is 5.23. The number of hydrogen-bond donors (Lipinski definition) is 2. The Morgan fingerprint density at radius 1 is 1.11 bits per heavy atom. The molecule has 7 nitrogen and oxygen atoms in total. The number of fused-ring (bicyclic) bond motifs is 1. The Kier molecular flexibility index (Phi) is 5.44. The van der Waals surface area contributed by atoms with E-state index in [0.29, 0.717) is 17.0 Å². The summed E-state index contributed by atoms with van der Waals surface area (Å²) in [5.74, 6) is -1.54. The van der Waals surface area contributed by atoms with E-state index in [9.17, 15) is 14.7 Å². The van der Waals surface area contributed by atoms with Gasteiger partial charge >= 0.3 is 17.5 Å². The first-order valence-electron chi connectivity index (χ1n) is 9.12. The maximum Gasteiger partial charge on any atom is 0.365 e. The number of hydrogen-bond acceptors (Lipinski definition) is 7. The van der Waals surface area contributed by atoms with Crippen LogP contribution in [0.4, 0.5) is 5.69 Å². The van der Waals surface area contributed by atoms with E-state index >= 15 is 0 Å². The number of aromatic hydroxyl groups is 1. The Balaban J connectivity index is 2.25. The number of nitrogens with one attached hydrogen (secondary N) is 1. The fraction of sp³-hybridized carbons (Fsp3) is 0.333. The van der Waals surface area contributed by atoms with Crippen molar-refractivity contribution in [1.29, 1.82) is 0 Å². The van der Waals surface area contributed by atoms with E-state index in [1.165, 1.54) is 6.07 Å². The Hall–Kier alpha value is -3.22. The molecule has 0 aromatic heterocycles. The number of aryl methyl sites for hydroxylation is 1. The molecular formula is C21H23NO6. The highest BCUT2D eigenvalue weighted by Crippen LogP contribution is 2.46. The van der Waals surface area contributed by atoms with Crippen molar-refractivity contribution in [3.63, 3.8) is 0 Å². The van der Waals surface area contributed by atoms with Crippen LogP contribution in [0, 0.1) is 6.92 Å². The fourth-order valence-electron chi connectivity index (χ4n) is 3.25. The Labute approximate surface area is 163 Å². The Morgan fingerprint density at radius 3 is 2.39 bits per heavy atom. The zero-order valence-electron chi connectivity index (χ0n) is 16.0. The molecule has 2 aromatic carbocycles. The van der Waals surface area contributed by atoms with Gasteiger partial charge < -0.3 is 24.6 Å². The Bertz CT molecular complexity index is 876. The van der Waals surface area contributed by atoms with Gasteiger partial charge in [0.15, 0.2) is 0 Å². The number of carbonyl (C=O) groups is 2. The van der Waals surface area contributed by atoms with Crippen LogP contribution in [0.1, 0.15) is 31.0 Å². The van der Waals surface area contributed by atoms with Crippen LogP contribution in [0.3, 0.4) is 0 Å². The molecule has 0 bridgehead atoms. The van der Waals surface area contributed by atoms with Crippen LogP contribution in [0.5, 0.6) is 11.5 Å². The van der Waals surface area contributed by atoms with Crippen LogP contribution in [0.15, 0.2) is 42.5 Å². The van der Waals surface area contributed by atoms with Gasteiger partial charge in [-0.25, -0.2) is 9.59 Å². The smallest absolute Gasteiger partial charge is 0.365 e. The zero-order valence-corrected chi connectivity index (χ0v) is 16.0. The van der Waals surface area contributed by atoms with Crippen LogP contribution in [0.25, 0.3) is 0 Å². The molecular weight excluding hydrogens is 362 g/mol. The summed E-state index contributed by atoms with van der Waals surface area (Å²) >= 11 is 0. The van der Waals surface area contributed by atoms with E-state index in [0.717, 1.165) is 5.56 Å². The fourth-order valence-corrected chi connectivity index (χ4v) is 3.25. The molecule has 0 spiro atoms. The van der Waals surface area contributed by atoms with Crippen LogP contribution in [-0.4, -0.2) is 35.9 Å². The third-order valence-electron chi connectivity index (χ3n) is 4.52. The van der Waals surface area contributed by atoms with Crippen molar-refractivity contribution in [3.8, 4) is 11.5 Å². The molecule has 1 heterocycles. The standard InChI is InChI=1S/C21H23NO6/c1-4-26-19(24)21(20(25)27-5-2)18(14-12-13(3)10-11-16(14)23)22-15-8-6-7-9-17(15)28-21/h6-12,18,22-23H,4-5H2,1-3H3. The number of benzene rings is 2. The second kappa shape index (κ2) is 7.80. The molecule has 1 aliphatic heterocycles. The first-order chi connectivity index (χ1) is 13.4. The average Bonchev–Trinajstić information content (AvgIpc) is 2.69. The summed E-state index contributed by atoms with van der Waals surface area (Å²) in [5.41, 5.74) is -0.394. The summed E-state index contributed by atoms with van der Waals surface area (Å²) in [6, 6.07) is 10.8. The maximum atomic E-state index is 13.1. The predicted octanol–water partition coefficient (Wildman–Crippen LogP) is 3.11. The van der Waals surface area contributed by atoms with Crippen LogP contribution >= 0.6 is 0 Å². The SMILES string of the molecule is CCOC(=O)C1(C(=O)OCC)Oc2ccccc2NC1c1cc(C)ccc1O. The van der Waals surface area contributed by atoms with E-state index < -0.39 is 23.6 Å². The van der Waals surface area contributed by atoms with Crippen molar-refractivity contribution < 1.29 is 28.9 Å². The number of para-hydroxylation sites is 2. The van der Waals surface area contributed by atoms with Crippen molar-refractivity contribution in [3.05, 3.63) is 53.6 Å². The van der Waals surface area contributed by atoms with Gasteiger partial charge in [0.05, 0.1) is 18.9 Å². The molecule has 0 aliphatic carbocycles. The van der Waals surface area contributed by atoms with Gasteiger partial charge in [-0.3, -0.25) is 0 Å². The molecule has 0 fully saturated rings. The number of carbonyl (C=O) groups excluding carboxylic acids is 2. The predicted molar refractivity (Wildman–Crippen MR) is 102 cm³/mol. The minimum Gasteiger partial charge on any atom is -0.508 e. The summed E-state index contributed by atoms with van der Waals surface area (Å²) in [4.78, 5) is 26.1. The van der Waals surface area contributed by atoms with E-state index in [1.54, 1.807) is 50.2 Å². The lowest BCUT2D eigenvalue weighted by Crippen LogP contribution is -2.61. The van der Waals surface area contributed by atoms with E-state index in [4.69, 9.17) is 14.2 Å². The van der Waals surface area contributed by atoms with Gasteiger partial charge in [0, 0.05) is 5.56 Å². The highest BCUT2D eigenvalue weighted by atomic mass is 16.6. The molecule has 0 saturated carbocycles. The number of rotatable bonds is 5. The van der Waals surface area contributed by atoms with Gasteiger partial charge in [0.2, 0.25) is 0 Å². The molecule has 2 N–H and O–H groups in total. The number of ether oxygens (including phenoxy) is 3. The monoisotopic (exact) mass is 385 g/mol. The lowest BCUT2D eigenvalue weighted by Gasteiger charge is -2.41. The Morgan fingerprint density at radius 2 is 1.75 bits per heavy atom. The average molecular weight is 385 g/mol. The molecule has 1 aliphatic rings. The van der Waals surface area contributed by atoms with Crippen molar-refractivity contribution in [1.82, 2.24) is 0 Å². The quantitative estimate of drug-likeness (QED) is 0.603. The first-order valence-corrected chi connectivity index (χ1v) is 9.12. The number of phenolic OH excluding ortho intramolecular Hbond substituents is 1. The van der Waals surface area contributed by atoms with Crippen LogP contribution in [-0.2, 0) is 19.1 Å². The molecule has 0 radical (unpaired) electrons. The molecule has 0 saturated heterocycles. The third-order valence-corrected chi connectivity index (χ3v) is 4.52. The number of anilines is 1. The second-order valence-corrected chi connectivity index (χ2v) is 6.41. The van der Waals surface area contributed by atoms with Crippen molar-refractivity contribution >= 4 is 17.6 Å². The molecule has 2 aromatic rings. The molecule has 0 amide bonds. The van der Waals surface area contributed by atoms with Crippen molar-refractivity contribution in [2.24, 2.45) is 0 Å². The largest absolute Gasteiger partial charge is 0.508 e. The maximum absolute atomic E-state index is 13.1. The lowest BCUT2D eigenvalue weighted by molar-refractivity contribution is -0.182. The summed E-state index contributed by atoms with van der Waals surface area (Å²) in [6.07, 6.45) is 0. The van der Waals surface area contributed by atoms with Crippen LogP contribution in [0.2, 0.25) is 0 Å². The molecule has 1 unspecified atom stereocenters. The van der Waals surface area contributed by atoms with Crippen molar-refractivity contribution in [2.45, 2.75) is 32.4 Å². The van der Waals surface area contributed by atoms with E-state index in [1.807, 2.05) is 6.92 Å². The second-order valence-electron chi connectivity index (χ2n) is 6.41. The highest BCUT2D eigenvalue weighted by Gasteiger charge is 2.61. The lowest BCUT2D eigenvalue weighted by atomic mass is 9.85. The summed E-state index contributed by atoms with van der Waals surface area (Å²) in [5, 5.41) is 13.7. The van der Waals surface area contributed by atoms with Gasteiger partial charge in [0.1, 0.15) is 17.5 Å². The van der Waals surface area contributed by atoms with Crippen LogP contribution < -0.4 is 10.1 Å². The van der Waals surface area contributed by atoms with Gasteiger partial charge in [-0.1, -0.05) is 29.8 Å². The number of esters is 2. The third kappa shape index (κ3) is 3.24. The van der Waals surface area contributed by atoms with E-state index in [2.05, 4.69) is 5.32 Å². The summed E-state index contributed by atoms with van der Waals surface area (Å²) in [7, 11) is 0. The minimum atomic E-state index is -2.15. The summed E-state index contributed by atoms with van der Waals surface area (Å²) < 4.78 is 16.4. The molecule has 7 heteroatoms. The molecule has 1 atom stereocenters. The first kappa shape index (κ1) is 19.5. The van der Waals surface area contributed by atoms with Gasteiger partial charge in [-0.05, 0) is 39.0 Å². The van der Waals surface area contributed by atoms with E-state index in [-0.39, 0.29) is 19.0 Å². The zero-order chi connectivity index (χ0) is 20.3. The molecule has 28 heavy (non-hydrogen) atoms.